The molecule has 17 heavy (non-hydrogen) atoms. The van der Waals surface area contributed by atoms with Crippen LogP contribution in [0.4, 0.5) is 5.69 Å². The molecule has 1 heterocycles. The second kappa shape index (κ2) is 4.41. The number of amides is 1. The van der Waals surface area contributed by atoms with Gasteiger partial charge in [0.25, 0.3) is 0 Å². The van der Waals surface area contributed by atoms with E-state index in [0.717, 1.165) is 28.7 Å². The van der Waals surface area contributed by atoms with E-state index in [1.807, 2.05) is 19.9 Å². The molecule has 0 bridgehead atoms. The minimum absolute atomic E-state index is 0.141. The summed E-state index contributed by atoms with van der Waals surface area (Å²) >= 11 is 6.12. The highest BCUT2D eigenvalue weighted by Gasteiger charge is 2.16. The quantitative estimate of drug-likeness (QED) is 0.879. The molecule has 2 aromatic rings. The third kappa shape index (κ3) is 2.03. The van der Waals surface area contributed by atoms with Crippen molar-refractivity contribution in [2.75, 3.05) is 5.32 Å². The van der Waals surface area contributed by atoms with Crippen molar-refractivity contribution in [2.45, 2.75) is 27.2 Å². The molecule has 1 aromatic carbocycles. The van der Waals surface area contributed by atoms with Crippen LogP contribution < -0.4 is 5.32 Å². The molecule has 0 spiro atoms. The molecule has 1 aromatic heterocycles. The molecule has 0 aliphatic rings. The van der Waals surface area contributed by atoms with Crippen LogP contribution in [0.25, 0.3) is 11.0 Å². The fourth-order valence-electron chi connectivity index (χ4n) is 2.00. The minimum atomic E-state index is -0.141. The first-order valence-electron chi connectivity index (χ1n) is 5.52. The summed E-state index contributed by atoms with van der Waals surface area (Å²) < 4.78 is 5.72. The van der Waals surface area contributed by atoms with E-state index in [0.29, 0.717) is 10.7 Å². The Bertz CT molecular complexity index is 587. The van der Waals surface area contributed by atoms with Gasteiger partial charge in [-0.05, 0) is 19.1 Å². The highest BCUT2D eigenvalue weighted by molar-refractivity contribution is 6.35. The Kier molecular flexibility index (Phi) is 3.11. The van der Waals surface area contributed by atoms with Gasteiger partial charge in [0.05, 0.1) is 10.7 Å². The molecule has 0 aliphatic carbocycles. The number of nitrogens with one attached hydrogen (secondary N) is 1. The Hall–Kier alpha value is -1.48. The van der Waals surface area contributed by atoms with Gasteiger partial charge < -0.3 is 9.73 Å². The Balaban J connectivity index is 2.74. The van der Waals surface area contributed by atoms with E-state index < -0.39 is 0 Å². The van der Waals surface area contributed by atoms with Gasteiger partial charge in [-0.3, -0.25) is 4.79 Å². The van der Waals surface area contributed by atoms with Crippen LogP contribution in [0.3, 0.4) is 0 Å². The second-order valence-electron chi connectivity index (χ2n) is 3.98. The zero-order valence-corrected chi connectivity index (χ0v) is 10.8. The van der Waals surface area contributed by atoms with Gasteiger partial charge in [0.2, 0.25) is 5.91 Å². The van der Waals surface area contributed by atoms with Crippen LogP contribution >= 0.6 is 11.6 Å². The van der Waals surface area contributed by atoms with E-state index >= 15 is 0 Å². The first-order valence-corrected chi connectivity index (χ1v) is 5.90. The largest absolute Gasteiger partial charge is 0.461 e. The maximum atomic E-state index is 11.2. The first-order chi connectivity index (χ1) is 8.04. The standard InChI is InChI=1S/C13H14ClNO2/c1-4-10-7(2)12-11(17-10)6-5-9(14)13(12)15-8(3)16/h5-6H,4H2,1-3H3,(H,15,16). The molecule has 1 amide bonds. The lowest BCUT2D eigenvalue weighted by atomic mass is 10.1. The fraction of sp³-hybridized carbons (Fsp3) is 0.308. The third-order valence-electron chi connectivity index (χ3n) is 2.76. The van der Waals surface area contributed by atoms with E-state index in [-0.39, 0.29) is 5.91 Å². The number of halogens is 1. The number of benzene rings is 1. The Labute approximate surface area is 105 Å². The molecule has 0 atom stereocenters. The maximum Gasteiger partial charge on any atom is 0.221 e. The molecule has 2 rings (SSSR count). The molecule has 0 aliphatic heterocycles. The van der Waals surface area contributed by atoms with Crippen molar-refractivity contribution in [3.05, 3.63) is 28.5 Å². The van der Waals surface area contributed by atoms with Gasteiger partial charge in [-0.2, -0.15) is 0 Å². The molecule has 0 radical (unpaired) electrons. The second-order valence-corrected chi connectivity index (χ2v) is 4.39. The normalized spacial score (nSPS) is 10.8. The number of anilines is 1. The monoisotopic (exact) mass is 251 g/mol. The van der Waals surface area contributed by atoms with E-state index in [9.17, 15) is 4.79 Å². The number of aryl methyl sites for hydroxylation is 2. The average molecular weight is 252 g/mol. The average Bonchev–Trinajstić information content (AvgIpc) is 2.59. The zero-order valence-electron chi connectivity index (χ0n) is 10.1. The summed E-state index contributed by atoms with van der Waals surface area (Å²) in [6.45, 7) is 5.47. The molecule has 3 nitrogen and oxygen atoms in total. The molecule has 4 heteroatoms. The van der Waals surface area contributed by atoms with Crippen molar-refractivity contribution in [2.24, 2.45) is 0 Å². The van der Waals surface area contributed by atoms with Gasteiger partial charge in [-0.1, -0.05) is 18.5 Å². The van der Waals surface area contributed by atoms with Gasteiger partial charge in [0.15, 0.2) is 0 Å². The lowest BCUT2D eigenvalue weighted by molar-refractivity contribution is -0.114. The summed E-state index contributed by atoms with van der Waals surface area (Å²) in [4.78, 5) is 11.2. The third-order valence-corrected chi connectivity index (χ3v) is 3.08. The summed E-state index contributed by atoms with van der Waals surface area (Å²) in [6, 6.07) is 3.56. The van der Waals surface area contributed by atoms with Crippen LogP contribution in [0.5, 0.6) is 0 Å². The number of carbonyl (C=O) groups is 1. The number of fused-ring (bicyclic) bond motifs is 1. The van der Waals surface area contributed by atoms with Gasteiger partial charge in [0.1, 0.15) is 11.3 Å². The summed E-state index contributed by atoms with van der Waals surface area (Å²) in [5.41, 5.74) is 2.43. The van der Waals surface area contributed by atoms with E-state index in [1.165, 1.54) is 6.92 Å². The maximum absolute atomic E-state index is 11.2. The lowest BCUT2D eigenvalue weighted by Crippen LogP contribution is -2.06. The Morgan fingerprint density at radius 2 is 2.18 bits per heavy atom. The summed E-state index contributed by atoms with van der Waals surface area (Å²) in [5, 5.41) is 4.18. The minimum Gasteiger partial charge on any atom is -0.461 e. The van der Waals surface area contributed by atoms with Crippen molar-refractivity contribution in [1.82, 2.24) is 0 Å². The van der Waals surface area contributed by atoms with Crippen LogP contribution in [0.1, 0.15) is 25.2 Å². The van der Waals surface area contributed by atoms with Crippen molar-refractivity contribution >= 4 is 34.2 Å². The number of hydrogen-bond donors (Lipinski definition) is 1. The van der Waals surface area contributed by atoms with Gasteiger partial charge in [-0.25, -0.2) is 0 Å². The van der Waals surface area contributed by atoms with Crippen molar-refractivity contribution in [3.8, 4) is 0 Å². The highest BCUT2D eigenvalue weighted by atomic mass is 35.5. The summed E-state index contributed by atoms with van der Waals surface area (Å²) in [6.07, 6.45) is 0.817. The van der Waals surface area contributed by atoms with Gasteiger partial charge in [0, 0.05) is 24.3 Å². The Morgan fingerprint density at radius 3 is 2.76 bits per heavy atom. The van der Waals surface area contributed by atoms with Crippen molar-refractivity contribution in [1.29, 1.82) is 0 Å². The number of rotatable bonds is 2. The number of carbonyl (C=O) groups excluding carboxylic acids is 1. The topological polar surface area (TPSA) is 42.2 Å². The summed E-state index contributed by atoms with van der Waals surface area (Å²) in [7, 11) is 0. The lowest BCUT2D eigenvalue weighted by Gasteiger charge is -2.06. The first kappa shape index (κ1) is 12.0. The van der Waals surface area contributed by atoms with Gasteiger partial charge in [-0.15, -0.1) is 0 Å². The molecule has 0 saturated carbocycles. The smallest absolute Gasteiger partial charge is 0.221 e. The van der Waals surface area contributed by atoms with Crippen molar-refractivity contribution < 1.29 is 9.21 Å². The number of hydrogen-bond acceptors (Lipinski definition) is 2. The molecule has 1 N–H and O–H groups in total. The Morgan fingerprint density at radius 1 is 1.47 bits per heavy atom. The van der Waals surface area contributed by atoms with Gasteiger partial charge >= 0.3 is 0 Å². The molecule has 0 unspecified atom stereocenters. The molecule has 90 valence electrons. The van der Waals surface area contributed by atoms with E-state index in [4.69, 9.17) is 16.0 Å². The van der Waals surface area contributed by atoms with Crippen LogP contribution in [-0.4, -0.2) is 5.91 Å². The van der Waals surface area contributed by atoms with Crippen LogP contribution in [-0.2, 0) is 11.2 Å². The van der Waals surface area contributed by atoms with E-state index in [2.05, 4.69) is 5.32 Å². The molecular weight excluding hydrogens is 238 g/mol. The summed E-state index contributed by atoms with van der Waals surface area (Å²) in [5.74, 6) is 0.784. The van der Waals surface area contributed by atoms with Crippen LogP contribution in [0.2, 0.25) is 5.02 Å². The van der Waals surface area contributed by atoms with E-state index in [1.54, 1.807) is 6.07 Å². The zero-order chi connectivity index (χ0) is 12.6. The molecular formula is C13H14ClNO2. The fourth-order valence-corrected chi connectivity index (χ4v) is 2.20. The predicted molar refractivity (Wildman–Crippen MR) is 69.6 cm³/mol. The van der Waals surface area contributed by atoms with Crippen molar-refractivity contribution in [3.63, 3.8) is 0 Å². The number of furan rings is 1. The predicted octanol–water partition coefficient (Wildman–Crippen LogP) is 3.92. The van der Waals surface area contributed by atoms with Crippen LogP contribution in [0, 0.1) is 6.92 Å². The highest BCUT2D eigenvalue weighted by Crippen LogP contribution is 2.36. The molecule has 0 saturated heterocycles. The molecule has 0 fully saturated rings. The van der Waals surface area contributed by atoms with Crippen LogP contribution in [0.15, 0.2) is 16.5 Å². The SMILES string of the molecule is CCc1oc2ccc(Cl)c(NC(C)=O)c2c1C.